The van der Waals surface area contributed by atoms with Gasteiger partial charge in [-0.25, -0.2) is 4.39 Å². The van der Waals surface area contributed by atoms with E-state index in [2.05, 4.69) is 0 Å². The highest BCUT2D eigenvalue weighted by atomic mass is 32.1. The van der Waals surface area contributed by atoms with Gasteiger partial charge in [0.1, 0.15) is 11.9 Å². The monoisotopic (exact) mass is 598 g/mol. The van der Waals surface area contributed by atoms with Gasteiger partial charge in [-0.2, -0.15) is 0 Å². The van der Waals surface area contributed by atoms with E-state index in [0.29, 0.717) is 12.0 Å². The molecule has 5 atom stereocenters. The first-order valence-electron chi connectivity index (χ1n) is 13.2. The van der Waals surface area contributed by atoms with Gasteiger partial charge in [-0.05, 0) is 53.4 Å². The summed E-state index contributed by atoms with van der Waals surface area (Å²) in [6.07, 6.45) is -5.90. The predicted molar refractivity (Wildman–Crippen MR) is 150 cm³/mol. The van der Waals surface area contributed by atoms with Gasteiger partial charge in [-0.1, -0.05) is 30.3 Å². The van der Waals surface area contributed by atoms with Crippen molar-refractivity contribution >= 4 is 35.2 Å². The van der Waals surface area contributed by atoms with E-state index in [1.165, 1.54) is 19.1 Å². The topological polar surface area (TPSA) is 114 Å². The minimum absolute atomic E-state index is 0.300. The molecule has 42 heavy (non-hydrogen) atoms. The van der Waals surface area contributed by atoms with Crippen LogP contribution in [0.1, 0.15) is 55.4 Å². The summed E-state index contributed by atoms with van der Waals surface area (Å²) < 4.78 is 41.3. The van der Waals surface area contributed by atoms with E-state index < -0.39 is 54.6 Å². The van der Waals surface area contributed by atoms with Crippen LogP contribution in [0.25, 0.3) is 10.4 Å². The lowest BCUT2D eigenvalue weighted by Gasteiger charge is -2.44. The quantitative estimate of drug-likeness (QED) is 0.255. The number of thiophene rings is 1. The Labute approximate surface area is 246 Å². The molecule has 0 spiro atoms. The fourth-order valence-electron chi connectivity index (χ4n) is 4.79. The smallest absolute Gasteiger partial charge is 0.305 e. The third-order valence-corrected chi connectivity index (χ3v) is 7.67. The maximum atomic E-state index is 13.4. The van der Waals surface area contributed by atoms with Crippen molar-refractivity contribution in [2.75, 3.05) is 0 Å². The van der Waals surface area contributed by atoms with E-state index in [4.69, 9.17) is 23.7 Å². The molecule has 0 radical (unpaired) electrons. The van der Waals surface area contributed by atoms with E-state index in [-0.39, 0.29) is 5.82 Å². The van der Waals surface area contributed by atoms with Crippen LogP contribution in [-0.2, 0) is 49.3 Å². The lowest BCUT2D eigenvalue weighted by Crippen LogP contribution is -2.59. The van der Waals surface area contributed by atoms with Gasteiger partial charge >= 0.3 is 23.9 Å². The summed E-state index contributed by atoms with van der Waals surface area (Å²) in [6.45, 7) is 6.61. The summed E-state index contributed by atoms with van der Waals surface area (Å²) in [4.78, 5) is 50.2. The largest absolute Gasteiger partial charge is 0.455 e. The molecule has 11 heteroatoms. The van der Waals surface area contributed by atoms with Gasteiger partial charge in [0, 0.05) is 43.9 Å². The Bertz CT molecular complexity index is 1470. The number of hydrogen-bond acceptors (Lipinski definition) is 10. The van der Waals surface area contributed by atoms with Crippen LogP contribution in [0, 0.1) is 12.7 Å². The highest BCUT2D eigenvalue weighted by Crippen LogP contribution is 2.39. The number of rotatable bonds is 8. The average molecular weight is 599 g/mol. The molecule has 1 aliphatic heterocycles. The number of ether oxygens (including phenoxy) is 5. The van der Waals surface area contributed by atoms with Gasteiger partial charge in [0.05, 0.1) is 0 Å². The second kappa shape index (κ2) is 13.3. The highest BCUT2D eigenvalue weighted by Gasteiger charge is 2.53. The summed E-state index contributed by atoms with van der Waals surface area (Å²) in [5.74, 6) is -3.17. The summed E-state index contributed by atoms with van der Waals surface area (Å²) in [7, 11) is 0. The van der Waals surface area contributed by atoms with Crippen LogP contribution in [0.15, 0.2) is 54.6 Å². The fourth-order valence-corrected chi connectivity index (χ4v) is 5.83. The number of carbonyl (C=O) groups is 4. The normalized spacial score (nSPS) is 21.7. The van der Waals surface area contributed by atoms with Gasteiger partial charge in [0.15, 0.2) is 12.2 Å². The zero-order chi connectivity index (χ0) is 30.6. The van der Waals surface area contributed by atoms with E-state index in [0.717, 1.165) is 47.2 Å². The van der Waals surface area contributed by atoms with Crippen molar-refractivity contribution in [3.05, 3.63) is 82.0 Å². The molecule has 3 aromatic rings. The average Bonchev–Trinajstić information content (AvgIpc) is 3.36. The summed E-state index contributed by atoms with van der Waals surface area (Å²) in [5, 5.41) is 0. The molecule has 1 saturated heterocycles. The van der Waals surface area contributed by atoms with Crippen LogP contribution in [0.5, 0.6) is 0 Å². The van der Waals surface area contributed by atoms with E-state index >= 15 is 0 Å². The molecule has 2 heterocycles. The molecular formula is C31H31FO9S. The molecule has 1 aromatic heterocycles. The van der Waals surface area contributed by atoms with Gasteiger partial charge in [-0.15, -0.1) is 11.3 Å². The molecule has 9 nitrogen and oxygen atoms in total. The Kier molecular flexibility index (Phi) is 9.74. The minimum Gasteiger partial charge on any atom is -0.455 e. The second-order valence-corrected chi connectivity index (χ2v) is 11.1. The molecule has 0 amide bonds. The number of benzene rings is 2. The number of halogens is 1. The number of carbonyl (C=O) groups excluding carboxylic acids is 4. The zero-order valence-electron chi connectivity index (χ0n) is 23.8. The molecule has 1 unspecified atom stereocenters. The van der Waals surface area contributed by atoms with Crippen LogP contribution < -0.4 is 0 Å². The van der Waals surface area contributed by atoms with Crippen LogP contribution in [0.2, 0.25) is 0 Å². The molecule has 1 fully saturated rings. The van der Waals surface area contributed by atoms with Crippen LogP contribution in [0.4, 0.5) is 4.39 Å². The summed E-state index contributed by atoms with van der Waals surface area (Å²) in [5.41, 5.74) is 3.41. The standard InChI is InChI=1S/C31H31FO9S/c1-16-6-7-22(14-23(16)15-25-12-13-26(42-25)21-8-10-24(32)11-9-21)27-28(37-17(2)33)29(38-18(3)34)30(39-19(4)35)31(41-27)40-20(5)36/h6-14,27-31H,15H2,1-5H3/t27?,28-,29+,30-,31-/m0/s1. The van der Waals surface area contributed by atoms with Gasteiger partial charge in [0.2, 0.25) is 12.4 Å². The lowest BCUT2D eigenvalue weighted by atomic mass is 9.90. The van der Waals surface area contributed by atoms with Crippen molar-refractivity contribution in [2.45, 2.75) is 71.7 Å². The van der Waals surface area contributed by atoms with E-state index in [9.17, 15) is 23.6 Å². The number of hydrogen-bond donors (Lipinski definition) is 0. The second-order valence-electron chi connectivity index (χ2n) is 9.89. The van der Waals surface area contributed by atoms with Gasteiger partial charge in [-0.3, -0.25) is 19.2 Å². The molecule has 0 N–H and O–H groups in total. The van der Waals surface area contributed by atoms with E-state index in [1.54, 1.807) is 29.5 Å². The summed E-state index contributed by atoms with van der Waals surface area (Å²) >= 11 is 1.58. The first-order chi connectivity index (χ1) is 19.9. The Hall–Kier alpha value is -4.09. The van der Waals surface area contributed by atoms with Crippen molar-refractivity contribution < 1.29 is 47.3 Å². The van der Waals surface area contributed by atoms with Crippen LogP contribution >= 0.6 is 11.3 Å². The molecule has 0 bridgehead atoms. The maximum Gasteiger partial charge on any atom is 0.305 e. The zero-order valence-corrected chi connectivity index (χ0v) is 24.6. The molecular weight excluding hydrogens is 567 g/mol. The SMILES string of the molecule is CC(=O)O[C@H]1OC(c2ccc(C)c(Cc3ccc(-c4ccc(F)cc4)s3)c2)[C@H](OC(C)=O)[C@@H](OC(C)=O)[C@@H]1OC(C)=O. The molecule has 2 aromatic carbocycles. The van der Waals surface area contributed by atoms with Crippen molar-refractivity contribution in [1.29, 1.82) is 0 Å². The van der Waals surface area contributed by atoms with Gasteiger partial charge < -0.3 is 23.7 Å². The Morgan fingerprint density at radius 1 is 0.762 bits per heavy atom. The Morgan fingerprint density at radius 2 is 1.36 bits per heavy atom. The highest BCUT2D eigenvalue weighted by molar-refractivity contribution is 7.15. The Morgan fingerprint density at radius 3 is 1.98 bits per heavy atom. The molecule has 0 aliphatic carbocycles. The Balaban J connectivity index is 1.70. The van der Waals surface area contributed by atoms with E-state index in [1.807, 2.05) is 31.2 Å². The molecule has 4 rings (SSSR count). The number of aryl methyl sites for hydroxylation is 1. The maximum absolute atomic E-state index is 13.4. The molecule has 222 valence electrons. The lowest BCUT2D eigenvalue weighted by molar-refractivity contribution is -0.298. The van der Waals surface area contributed by atoms with Gasteiger partial charge in [0.25, 0.3) is 0 Å². The van der Waals surface area contributed by atoms with Crippen molar-refractivity contribution in [1.82, 2.24) is 0 Å². The van der Waals surface area contributed by atoms with Crippen molar-refractivity contribution in [3.8, 4) is 10.4 Å². The molecule has 1 aliphatic rings. The third kappa shape index (κ3) is 7.59. The van der Waals surface area contributed by atoms with Crippen molar-refractivity contribution in [3.63, 3.8) is 0 Å². The van der Waals surface area contributed by atoms with Crippen LogP contribution in [-0.4, -0.2) is 48.5 Å². The third-order valence-electron chi connectivity index (χ3n) is 6.54. The fraction of sp³-hybridized carbons (Fsp3) is 0.355. The first-order valence-corrected chi connectivity index (χ1v) is 14.0. The van der Waals surface area contributed by atoms with Crippen LogP contribution in [0.3, 0.4) is 0 Å². The predicted octanol–water partition coefficient (Wildman–Crippen LogP) is 5.21. The first kappa shape index (κ1) is 30.9. The summed E-state index contributed by atoms with van der Waals surface area (Å²) in [6, 6.07) is 15.8. The minimum atomic E-state index is -1.45. The molecule has 0 saturated carbocycles. The van der Waals surface area contributed by atoms with Crippen molar-refractivity contribution in [2.24, 2.45) is 0 Å². The number of esters is 4.